The number of nitrogens with zero attached hydrogens (tertiary/aromatic N) is 1. The van der Waals surface area contributed by atoms with Crippen LogP contribution in [0.5, 0.6) is 0 Å². The monoisotopic (exact) mass is 237 g/mol. The molecule has 0 aliphatic heterocycles. The summed E-state index contributed by atoms with van der Waals surface area (Å²) in [6, 6.07) is 9.85. The molecule has 4 nitrogen and oxygen atoms in total. The van der Waals surface area contributed by atoms with Gasteiger partial charge < -0.3 is 9.84 Å². The molecule has 0 spiro atoms. The number of hydrogen-bond acceptors (Lipinski definition) is 4. The highest BCUT2D eigenvalue weighted by molar-refractivity contribution is 5.71. The highest BCUT2D eigenvalue weighted by atomic mass is 16.5. The van der Waals surface area contributed by atoms with E-state index in [-0.39, 0.29) is 19.1 Å². The first-order chi connectivity index (χ1) is 8.26. The van der Waals surface area contributed by atoms with Crippen LogP contribution < -0.4 is 0 Å². The summed E-state index contributed by atoms with van der Waals surface area (Å²) in [5.74, 6) is -0.253. The van der Waals surface area contributed by atoms with Gasteiger partial charge in [-0.2, -0.15) is 0 Å². The number of ether oxygens (including phenoxy) is 1. The molecule has 0 aliphatic rings. The number of aliphatic hydroxyl groups is 1. The van der Waals surface area contributed by atoms with E-state index in [1.54, 1.807) is 6.92 Å². The van der Waals surface area contributed by atoms with Crippen molar-refractivity contribution >= 4 is 5.97 Å². The number of carbonyl (C=O) groups is 1. The second-order valence-corrected chi connectivity index (χ2v) is 3.72. The molecule has 1 aromatic rings. The van der Waals surface area contributed by atoms with Gasteiger partial charge in [-0.15, -0.1) is 0 Å². The smallest absolute Gasteiger partial charge is 0.320 e. The van der Waals surface area contributed by atoms with Crippen molar-refractivity contribution in [3.8, 4) is 0 Å². The molecule has 94 valence electrons. The van der Waals surface area contributed by atoms with E-state index in [1.165, 1.54) is 0 Å². The van der Waals surface area contributed by atoms with E-state index in [4.69, 9.17) is 9.84 Å². The summed E-state index contributed by atoms with van der Waals surface area (Å²) in [6.45, 7) is 3.52. The third kappa shape index (κ3) is 5.47. The second kappa shape index (κ2) is 7.81. The lowest BCUT2D eigenvalue weighted by molar-refractivity contribution is -0.144. The first-order valence-corrected chi connectivity index (χ1v) is 5.79. The second-order valence-electron chi connectivity index (χ2n) is 3.72. The molecule has 0 unspecified atom stereocenters. The fraction of sp³-hybridized carbons (Fsp3) is 0.462. The van der Waals surface area contributed by atoms with Crippen molar-refractivity contribution in [3.63, 3.8) is 0 Å². The highest BCUT2D eigenvalue weighted by Gasteiger charge is 2.11. The van der Waals surface area contributed by atoms with Gasteiger partial charge in [-0.3, -0.25) is 9.69 Å². The lowest BCUT2D eigenvalue weighted by Gasteiger charge is -2.20. The van der Waals surface area contributed by atoms with Crippen LogP contribution in [-0.2, 0) is 16.1 Å². The van der Waals surface area contributed by atoms with Gasteiger partial charge in [0.25, 0.3) is 0 Å². The molecule has 0 bridgehead atoms. The lowest BCUT2D eigenvalue weighted by Crippen LogP contribution is -2.32. The standard InChI is InChI=1S/C13H19NO3/c1-2-17-13(16)11-14(8-9-15)10-12-6-4-3-5-7-12/h3-7,15H,2,8-11H2,1H3. The third-order valence-electron chi connectivity index (χ3n) is 2.32. The molecule has 0 radical (unpaired) electrons. The van der Waals surface area contributed by atoms with Gasteiger partial charge in [-0.25, -0.2) is 0 Å². The number of benzene rings is 1. The minimum atomic E-state index is -0.253. The van der Waals surface area contributed by atoms with Crippen LogP contribution in [0, 0.1) is 0 Å². The van der Waals surface area contributed by atoms with E-state index >= 15 is 0 Å². The molecule has 4 heteroatoms. The Hall–Kier alpha value is -1.39. The van der Waals surface area contributed by atoms with Crippen molar-refractivity contribution in [3.05, 3.63) is 35.9 Å². The van der Waals surface area contributed by atoms with Crippen LogP contribution >= 0.6 is 0 Å². The van der Waals surface area contributed by atoms with Crippen LogP contribution in [0.15, 0.2) is 30.3 Å². The SMILES string of the molecule is CCOC(=O)CN(CCO)Cc1ccccc1. The average molecular weight is 237 g/mol. The molecular formula is C13H19NO3. The summed E-state index contributed by atoms with van der Waals surface area (Å²) < 4.78 is 4.89. The predicted molar refractivity (Wildman–Crippen MR) is 65.4 cm³/mol. The van der Waals surface area contributed by atoms with Gasteiger partial charge in [0.15, 0.2) is 0 Å². The fourth-order valence-corrected chi connectivity index (χ4v) is 1.59. The van der Waals surface area contributed by atoms with Crippen LogP contribution in [0.3, 0.4) is 0 Å². The number of aliphatic hydroxyl groups excluding tert-OH is 1. The predicted octanol–water partition coefficient (Wildman–Crippen LogP) is 1.04. The molecule has 1 N–H and O–H groups in total. The molecule has 1 rings (SSSR count). The van der Waals surface area contributed by atoms with E-state index in [1.807, 2.05) is 35.2 Å². The molecule has 0 heterocycles. The van der Waals surface area contributed by atoms with Gasteiger partial charge in [0.1, 0.15) is 0 Å². The van der Waals surface area contributed by atoms with Gasteiger partial charge >= 0.3 is 5.97 Å². The summed E-state index contributed by atoms with van der Waals surface area (Å²) in [7, 11) is 0. The van der Waals surface area contributed by atoms with Crippen molar-refractivity contribution in [2.75, 3.05) is 26.3 Å². The van der Waals surface area contributed by atoms with Gasteiger partial charge in [0.2, 0.25) is 0 Å². The first-order valence-electron chi connectivity index (χ1n) is 5.79. The maximum Gasteiger partial charge on any atom is 0.320 e. The molecule has 17 heavy (non-hydrogen) atoms. The zero-order valence-electron chi connectivity index (χ0n) is 10.1. The summed E-state index contributed by atoms with van der Waals surface area (Å²) in [5.41, 5.74) is 1.12. The number of carbonyl (C=O) groups excluding carboxylic acids is 1. The maximum atomic E-state index is 11.4. The first kappa shape index (κ1) is 13.7. The fourth-order valence-electron chi connectivity index (χ4n) is 1.59. The van der Waals surface area contributed by atoms with E-state index in [2.05, 4.69) is 0 Å². The molecular weight excluding hydrogens is 218 g/mol. The molecule has 0 saturated heterocycles. The summed E-state index contributed by atoms with van der Waals surface area (Å²) in [4.78, 5) is 13.2. The zero-order chi connectivity index (χ0) is 12.5. The van der Waals surface area contributed by atoms with Gasteiger partial charge in [-0.1, -0.05) is 30.3 Å². The molecule has 0 fully saturated rings. The normalized spacial score (nSPS) is 10.5. The topological polar surface area (TPSA) is 49.8 Å². The Labute approximate surface area is 102 Å². The van der Waals surface area contributed by atoms with Crippen molar-refractivity contribution in [2.45, 2.75) is 13.5 Å². The number of esters is 1. The van der Waals surface area contributed by atoms with Crippen molar-refractivity contribution < 1.29 is 14.6 Å². The Morgan fingerprint density at radius 2 is 2.06 bits per heavy atom. The Morgan fingerprint density at radius 3 is 2.65 bits per heavy atom. The molecule has 0 aliphatic carbocycles. The summed E-state index contributed by atoms with van der Waals surface area (Å²) in [6.07, 6.45) is 0. The van der Waals surface area contributed by atoms with E-state index in [0.717, 1.165) is 5.56 Å². The Balaban J connectivity index is 2.51. The Kier molecular flexibility index (Phi) is 6.29. The van der Waals surface area contributed by atoms with Crippen LogP contribution in [0.4, 0.5) is 0 Å². The summed E-state index contributed by atoms with van der Waals surface area (Å²) in [5, 5.41) is 8.96. The molecule has 1 aromatic carbocycles. The van der Waals surface area contributed by atoms with Crippen LogP contribution in [-0.4, -0.2) is 42.3 Å². The molecule has 0 amide bonds. The Bertz CT molecular complexity index is 327. The van der Waals surface area contributed by atoms with E-state index < -0.39 is 0 Å². The van der Waals surface area contributed by atoms with Gasteiger partial charge in [-0.05, 0) is 12.5 Å². The van der Waals surface area contributed by atoms with Crippen LogP contribution in [0.1, 0.15) is 12.5 Å². The lowest BCUT2D eigenvalue weighted by atomic mass is 10.2. The summed E-state index contributed by atoms with van der Waals surface area (Å²) >= 11 is 0. The highest BCUT2D eigenvalue weighted by Crippen LogP contribution is 2.04. The zero-order valence-corrected chi connectivity index (χ0v) is 10.1. The van der Waals surface area contributed by atoms with Crippen LogP contribution in [0.25, 0.3) is 0 Å². The molecule has 0 saturated carbocycles. The van der Waals surface area contributed by atoms with Gasteiger partial charge in [0.05, 0.1) is 19.8 Å². The minimum Gasteiger partial charge on any atom is -0.465 e. The Morgan fingerprint density at radius 1 is 1.35 bits per heavy atom. The minimum absolute atomic E-state index is 0.0340. The van der Waals surface area contributed by atoms with Crippen molar-refractivity contribution in [1.29, 1.82) is 0 Å². The maximum absolute atomic E-state index is 11.4. The number of rotatable bonds is 7. The van der Waals surface area contributed by atoms with Crippen molar-refractivity contribution in [1.82, 2.24) is 4.90 Å². The largest absolute Gasteiger partial charge is 0.465 e. The third-order valence-corrected chi connectivity index (χ3v) is 2.32. The van der Waals surface area contributed by atoms with E-state index in [0.29, 0.717) is 19.7 Å². The average Bonchev–Trinajstić information content (AvgIpc) is 2.31. The van der Waals surface area contributed by atoms with Crippen molar-refractivity contribution in [2.24, 2.45) is 0 Å². The quantitative estimate of drug-likeness (QED) is 0.720. The van der Waals surface area contributed by atoms with Crippen LogP contribution in [0.2, 0.25) is 0 Å². The molecule has 0 aromatic heterocycles. The molecule has 0 atom stereocenters. The van der Waals surface area contributed by atoms with Gasteiger partial charge in [0, 0.05) is 13.1 Å². The van der Waals surface area contributed by atoms with E-state index in [9.17, 15) is 4.79 Å². The number of hydrogen-bond donors (Lipinski definition) is 1.